The van der Waals surface area contributed by atoms with Crippen LogP contribution in [0.3, 0.4) is 0 Å². The number of hydrogen-bond donors (Lipinski definition) is 1. The van der Waals surface area contributed by atoms with Crippen LogP contribution in [0.4, 0.5) is 5.95 Å². The number of rotatable bonds is 2. The van der Waals surface area contributed by atoms with Crippen molar-refractivity contribution < 1.29 is 4.74 Å². The van der Waals surface area contributed by atoms with E-state index in [0.717, 1.165) is 23.2 Å². The van der Waals surface area contributed by atoms with Crippen LogP contribution < -0.4 is 5.32 Å². The number of ether oxygens (including phenoxy) is 1. The molecule has 1 aliphatic heterocycles. The Kier molecular flexibility index (Phi) is 2.87. The molecule has 0 bridgehead atoms. The van der Waals surface area contributed by atoms with Crippen molar-refractivity contribution in [3.8, 4) is 0 Å². The van der Waals surface area contributed by atoms with Gasteiger partial charge in [-0.2, -0.15) is 0 Å². The van der Waals surface area contributed by atoms with Crippen molar-refractivity contribution in [3.63, 3.8) is 0 Å². The van der Waals surface area contributed by atoms with Gasteiger partial charge in [0.25, 0.3) is 0 Å². The third-order valence-corrected chi connectivity index (χ3v) is 2.81. The summed E-state index contributed by atoms with van der Waals surface area (Å²) < 4.78 is 6.38. The van der Waals surface area contributed by atoms with Gasteiger partial charge in [-0.3, -0.25) is 0 Å². The Bertz CT molecular complexity index is 308. The minimum Gasteiger partial charge on any atom is -0.379 e. The normalized spacial score (nSPS) is 26.4. The average Bonchev–Trinajstić information content (AvgIpc) is 2.57. The highest BCUT2D eigenvalue weighted by molar-refractivity contribution is 14.1. The van der Waals surface area contributed by atoms with Crippen LogP contribution in [0, 0.1) is 3.57 Å². The van der Waals surface area contributed by atoms with Gasteiger partial charge in [0.05, 0.1) is 12.1 Å². The van der Waals surface area contributed by atoms with Crippen LogP contribution in [-0.2, 0) is 4.74 Å². The lowest BCUT2D eigenvalue weighted by Crippen LogP contribution is -2.35. The van der Waals surface area contributed by atoms with Gasteiger partial charge >= 0.3 is 0 Å². The van der Waals surface area contributed by atoms with Crippen molar-refractivity contribution in [1.29, 1.82) is 0 Å². The van der Waals surface area contributed by atoms with Crippen LogP contribution in [0.1, 0.15) is 13.3 Å². The molecule has 0 amide bonds. The molecule has 0 radical (unpaired) electrons. The first-order chi connectivity index (χ1) is 6.68. The largest absolute Gasteiger partial charge is 0.379 e. The maximum Gasteiger partial charge on any atom is 0.223 e. The molecule has 0 saturated carbocycles. The molecule has 0 spiro atoms. The second-order valence-corrected chi connectivity index (χ2v) is 4.96. The Balaban J connectivity index is 2.06. The van der Waals surface area contributed by atoms with Crippen molar-refractivity contribution in [3.05, 3.63) is 16.0 Å². The zero-order valence-electron chi connectivity index (χ0n) is 7.96. The van der Waals surface area contributed by atoms with Gasteiger partial charge < -0.3 is 10.1 Å². The molecule has 1 aliphatic rings. The van der Waals surface area contributed by atoms with Crippen LogP contribution in [0.2, 0.25) is 0 Å². The van der Waals surface area contributed by atoms with Gasteiger partial charge in [0.1, 0.15) is 0 Å². The van der Waals surface area contributed by atoms with E-state index in [0.29, 0.717) is 5.95 Å². The monoisotopic (exact) mass is 305 g/mol. The Morgan fingerprint density at radius 2 is 2.21 bits per heavy atom. The van der Waals surface area contributed by atoms with E-state index in [2.05, 4.69) is 44.8 Å². The maximum absolute atomic E-state index is 5.34. The summed E-state index contributed by atoms with van der Waals surface area (Å²) in [5.41, 5.74) is -0.00715. The summed E-state index contributed by atoms with van der Waals surface area (Å²) in [6.07, 6.45) is 4.60. The second kappa shape index (κ2) is 3.98. The molecule has 1 fully saturated rings. The second-order valence-electron chi connectivity index (χ2n) is 3.71. The molecule has 1 saturated heterocycles. The van der Waals surface area contributed by atoms with Crippen LogP contribution in [0.15, 0.2) is 12.4 Å². The first kappa shape index (κ1) is 10.1. The predicted octanol–water partition coefficient (Wildman–Crippen LogP) is 1.67. The maximum atomic E-state index is 5.34. The van der Waals surface area contributed by atoms with Gasteiger partial charge in [-0.15, -0.1) is 0 Å². The molecular formula is C9H12IN3O. The number of anilines is 1. The summed E-state index contributed by atoms with van der Waals surface area (Å²) >= 11 is 2.19. The summed E-state index contributed by atoms with van der Waals surface area (Å²) in [5.74, 6) is 0.679. The number of halogens is 1. The summed E-state index contributed by atoms with van der Waals surface area (Å²) in [6, 6.07) is 0. The fraction of sp³-hybridized carbons (Fsp3) is 0.556. The number of aromatic nitrogens is 2. The molecular weight excluding hydrogens is 293 g/mol. The van der Waals surface area contributed by atoms with Crippen LogP contribution in [0.5, 0.6) is 0 Å². The molecule has 2 rings (SSSR count). The van der Waals surface area contributed by atoms with Crippen molar-refractivity contribution >= 4 is 28.5 Å². The van der Waals surface area contributed by atoms with Crippen molar-refractivity contribution in [2.45, 2.75) is 18.9 Å². The van der Waals surface area contributed by atoms with E-state index in [1.54, 1.807) is 12.4 Å². The molecule has 1 aromatic rings. The molecule has 1 N–H and O–H groups in total. The minimum absolute atomic E-state index is 0.00715. The quantitative estimate of drug-likeness (QED) is 0.845. The molecule has 0 aliphatic carbocycles. The van der Waals surface area contributed by atoms with E-state index >= 15 is 0 Å². The smallest absolute Gasteiger partial charge is 0.223 e. The van der Waals surface area contributed by atoms with E-state index in [1.165, 1.54) is 0 Å². The van der Waals surface area contributed by atoms with Gasteiger partial charge in [0, 0.05) is 22.6 Å². The fourth-order valence-corrected chi connectivity index (χ4v) is 1.69. The standard InChI is InChI=1S/C9H12IN3O/c1-9(2-3-14-6-9)13-8-11-4-7(10)5-12-8/h4-5H,2-3,6H2,1H3,(H,11,12,13). The zero-order valence-corrected chi connectivity index (χ0v) is 10.1. The summed E-state index contributed by atoms with van der Waals surface area (Å²) in [6.45, 7) is 3.66. The Labute approximate surface area is 96.6 Å². The number of nitrogens with one attached hydrogen (secondary N) is 1. The minimum atomic E-state index is -0.00715. The first-order valence-electron chi connectivity index (χ1n) is 4.51. The third-order valence-electron chi connectivity index (χ3n) is 2.25. The lowest BCUT2D eigenvalue weighted by molar-refractivity contribution is 0.185. The van der Waals surface area contributed by atoms with E-state index < -0.39 is 0 Å². The predicted molar refractivity (Wildman–Crippen MR) is 62.2 cm³/mol. The molecule has 14 heavy (non-hydrogen) atoms. The van der Waals surface area contributed by atoms with Gasteiger partial charge in [-0.1, -0.05) is 0 Å². The van der Waals surface area contributed by atoms with Gasteiger partial charge in [0.2, 0.25) is 5.95 Å². The van der Waals surface area contributed by atoms with Crippen molar-refractivity contribution in [2.24, 2.45) is 0 Å². The van der Waals surface area contributed by atoms with E-state index in [1.807, 2.05) is 0 Å². The molecule has 76 valence electrons. The lowest BCUT2D eigenvalue weighted by atomic mass is 10.0. The zero-order chi connectivity index (χ0) is 10.0. The SMILES string of the molecule is CC1(Nc2ncc(I)cn2)CCOC1. The highest BCUT2D eigenvalue weighted by Gasteiger charge is 2.29. The lowest BCUT2D eigenvalue weighted by Gasteiger charge is -2.23. The Hall–Kier alpha value is -0.430. The van der Waals surface area contributed by atoms with Crippen molar-refractivity contribution in [2.75, 3.05) is 18.5 Å². The molecule has 1 aromatic heterocycles. The number of hydrogen-bond acceptors (Lipinski definition) is 4. The van der Waals surface area contributed by atoms with Crippen molar-refractivity contribution in [1.82, 2.24) is 9.97 Å². The van der Waals surface area contributed by atoms with E-state index in [4.69, 9.17) is 4.74 Å². The summed E-state index contributed by atoms with van der Waals surface area (Å²) in [4.78, 5) is 8.40. The average molecular weight is 305 g/mol. The fourth-order valence-electron chi connectivity index (χ4n) is 1.41. The van der Waals surface area contributed by atoms with E-state index in [9.17, 15) is 0 Å². The van der Waals surface area contributed by atoms with Gasteiger partial charge in [0.15, 0.2) is 0 Å². The summed E-state index contributed by atoms with van der Waals surface area (Å²) in [7, 11) is 0. The topological polar surface area (TPSA) is 47.0 Å². The third kappa shape index (κ3) is 2.33. The molecule has 1 unspecified atom stereocenters. The molecule has 2 heterocycles. The van der Waals surface area contributed by atoms with Crippen LogP contribution >= 0.6 is 22.6 Å². The molecule has 1 atom stereocenters. The van der Waals surface area contributed by atoms with Gasteiger partial charge in [-0.05, 0) is 35.9 Å². The van der Waals surface area contributed by atoms with E-state index in [-0.39, 0.29) is 5.54 Å². The Morgan fingerprint density at radius 3 is 2.79 bits per heavy atom. The highest BCUT2D eigenvalue weighted by Crippen LogP contribution is 2.21. The Morgan fingerprint density at radius 1 is 1.50 bits per heavy atom. The first-order valence-corrected chi connectivity index (χ1v) is 5.59. The molecule has 0 aromatic carbocycles. The summed E-state index contributed by atoms with van der Waals surface area (Å²) in [5, 5.41) is 3.29. The molecule has 5 heteroatoms. The van der Waals surface area contributed by atoms with Crippen LogP contribution in [0.25, 0.3) is 0 Å². The highest BCUT2D eigenvalue weighted by atomic mass is 127. The van der Waals surface area contributed by atoms with Gasteiger partial charge in [-0.25, -0.2) is 9.97 Å². The number of nitrogens with zero attached hydrogens (tertiary/aromatic N) is 2. The van der Waals surface area contributed by atoms with Crippen LogP contribution in [-0.4, -0.2) is 28.7 Å². The molecule has 4 nitrogen and oxygen atoms in total.